The fourth-order valence-electron chi connectivity index (χ4n) is 2.75. The van der Waals surface area contributed by atoms with Crippen LogP contribution >= 0.6 is 0 Å². The summed E-state index contributed by atoms with van der Waals surface area (Å²) in [6.45, 7) is 7.11. The number of rotatable bonds is 8. The van der Waals surface area contributed by atoms with Gasteiger partial charge in [-0.1, -0.05) is 29.4 Å². The lowest BCUT2D eigenvalue weighted by atomic mass is 9.79. The van der Waals surface area contributed by atoms with Crippen LogP contribution < -0.4 is 21.4 Å². The zero-order valence-electron chi connectivity index (χ0n) is 17.9. The molecule has 0 radical (unpaired) electrons. The van der Waals surface area contributed by atoms with Crippen molar-refractivity contribution in [3.05, 3.63) is 47.3 Å². The van der Waals surface area contributed by atoms with E-state index in [1.54, 1.807) is 39.8 Å². The van der Waals surface area contributed by atoms with E-state index in [-0.39, 0.29) is 24.1 Å². The van der Waals surface area contributed by atoms with E-state index in [1.807, 2.05) is 0 Å². The highest BCUT2D eigenvalue weighted by Gasteiger charge is 2.27. The average molecular weight is 430 g/mol. The summed E-state index contributed by atoms with van der Waals surface area (Å²) in [5, 5.41) is 30.1. The third-order valence-electron chi connectivity index (χ3n) is 4.10. The van der Waals surface area contributed by atoms with Crippen molar-refractivity contribution in [2.45, 2.75) is 52.2 Å². The summed E-state index contributed by atoms with van der Waals surface area (Å²) in [5.41, 5.74) is 0.394. The van der Waals surface area contributed by atoms with Crippen LogP contribution in [0.5, 0.6) is 0 Å². The molecule has 166 valence electrons. The minimum absolute atomic E-state index is 0.00355. The second kappa shape index (κ2) is 10.2. The molecule has 11 heteroatoms. The Balaban J connectivity index is 2.10. The van der Waals surface area contributed by atoms with E-state index in [9.17, 15) is 24.4 Å². The summed E-state index contributed by atoms with van der Waals surface area (Å²) < 4.78 is 4.88. The Morgan fingerprint density at radius 3 is 2.48 bits per heavy atom. The second-order valence-electron chi connectivity index (χ2n) is 8.19. The van der Waals surface area contributed by atoms with Gasteiger partial charge in [0.15, 0.2) is 5.69 Å². The van der Waals surface area contributed by atoms with E-state index in [0.717, 1.165) is 0 Å². The highest BCUT2D eigenvalue weighted by atomic mass is 16.5. The maximum atomic E-state index is 12.8. The number of hydrogen-bond donors (Lipinski definition) is 5. The van der Waals surface area contributed by atoms with Crippen molar-refractivity contribution in [2.24, 2.45) is 0 Å². The van der Waals surface area contributed by atoms with Crippen molar-refractivity contribution in [2.75, 3.05) is 0 Å². The normalized spacial score (nSPS) is 12.1. The maximum Gasteiger partial charge on any atom is 0.488 e. The van der Waals surface area contributed by atoms with E-state index in [4.69, 9.17) is 4.52 Å². The predicted octanol–water partition coefficient (Wildman–Crippen LogP) is -0.618. The number of hydrogen-bond acceptors (Lipinski definition) is 7. The molecule has 1 aromatic carbocycles. The molecule has 0 spiro atoms. The van der Waals surface area contributed by atoms with Gasteiger partial charge in [-0.3, -0.25) is 14.4 Å². The molecule has 31 heavy (non-hydrogen) atoms. The Hall–Kier alpha value is -3.18. The number of carbonyl (C=O) groups is 3. The van der Waals surface area contributed by atoms with Crippen molar-refractivity contribution >= 4 is 30.3 Å². The van der Waals surface area contributed by atoms with Gasteiger partial charge in [0.1, 0.15) is 11.8 Å². The van der Waals surface area contributed by atoms with Crippen LogP contribution in [0.2, 0.25) is 0 Å². The number of amides is 3. The highest BCUT2D eigenvalue weighted by molar-refractivity contribution is 6.58. The van der Waals surface area contributed by atoms with E-state index in [0.29, 0.717) is 11.3 Å². The van der Waals surface area contributed by atoms with Crippen LogP contribution in [0.15, 0.2) is 34.9 Å². The number of carbonyl (C=O) groups excluding carboxylic acids is 3. The molecule has 1 atom stereocenters. The smallest absolute Gasteiger partial charge is 0.423 e. The SMILES string of the molecule is Cc1cc(C(=O)N[C@@H](CC(=O)NC(C)(C)C)C(=O)NCc2cccc(B(O)O)c2)no1. The topological polar surface area (TPSA) is 154 Å². The largest absolute Gasteiger partial charge is 0.488 e. The molecule has 10 nitrogen and oxygen atoms in total. The Bertz CT molecular complexity index is 938. The van der Waals surface area contributed by atoms with Gasteiger partial charge in [0.25, 0.3) is 5.91 Å². The van der Waals surface area contributed by atoms with Crippen LogP contribution in [-0.2, 0) is 16.1 Å². The first kappa shape index (κ1) is 24.1. The van der Waals surface area contributed by atoms with Crippen molar-refractivity contribution in [3.8, 4) is 0 Å². The van der Waals surface area contributed by atoms with Gasteiger partial charge in [-0.05, 0) is 38.7 Å². The van der Waals surface area contributed by atoms with Gasteiger partial charge in [0.05, 0.1) is 6.42 Å². The zero-order chi connectivity index (χ0) is 23.2. The van der Waals surface area contributed by atoms with Gasteiger partial charge in [-0.15, -0.1) is 0 Å². The monoisotopic (exact) mass is 430 g/mol. The van der Waals surface area contributed by atoms with Crippen LogP contribution in [0, 0.1) is 6.92 Å². The first-order valence-corrected chi connectivity index (χ1v) is 9.72. The van der Waals surface area contributed by atoms with Gasteiger partial charge in [-0.2, -0.15) is 0 Å². The molecule has 0 unspecified atom stereocenters. The average Bonchev–Trinajstić information content (AvgIpc) is 3.10. The summed E-state index contributed by atoms with van der Waals surface area (Å²) in [7, 11) is -1.63. The van der Waals surface area contributed by atoms with E-state index < -0.39 is 36.4 Å². The van der Waals surface area contributed by atoms with E-state index >= 15 is 0 Å². The maximum absolute atomic E-state index is 12.8. The molecule has 3 amide bonds. The molecule has 2 aromatic rings. The number of aryl methyl sites for hydroxylation is 1. The van der Waals surface area contributed by atoms with Crippen LogP contribution in [0.25, 0.3) is 0 Å². The van der Waals surface area contributed by atoms with Crippen molar-refractivity contribution in [3.63, 3.8) is 0 Å². The summed E-state index contributed by atoms with van der Waals surface area (Å²) in [5.74, 6) is -1.20. The van der Waals surface area contributed by atoms with Crippen molar-refractivity contribution in [1.29, 1.82) is 0 Å². The lowest BCUT2D eigenvalue weighted by molar-refractivity contribution is -0.129. The quantitative estimate of drug-likeness (QED) is 0.350. The molecule has 0 aliphatic heterocycles. The van der Waals surface area contributed by atoms with Gasteiger partial charge in [0, 0.05) is 18.2 Å². The molecule has 0 bridgehead atoms. The Labute approximate surface area is 180 Å². The molecule has 1 aromatic heterocycles. The molecule has 0 aliphatic rings. The van der Waals surface area contributed by atoms with Crippen LogP contribution in [0.1, 0.15) is 49.0 Å². The molecular weight excluding hydrogens is 403 g/mol. The lowest BCUT2D eigenvalue weighted by Gasteiger charge is -2.23. The second-order valence-corrected chi connectivity index (χ2v) is 8.19. The fourth-order valence-corrected chi connectivity index (χ4v) is 2.75. The summed E-state index contributed by atoms with van der Waals surface area (Å²) in [6, 6.07) is 6.66. The van der Waals surface area contributed by atoms with Gasteiger partial charge in [-0.25, -0.2) is 0 Å². The molecule has 0 aliphatic carbocycles. The lowest BCUT2D eigenvalue weighted by Crippen LogP contribution is -2.51. The molecular formula is C20H27BN4O6. The van der Waals surface area contributed by atoms with Crippen molar-refractivity contribution in [1.82, 2.24) is 21.1 Å². The van der Waals surface area contributed by atoms with Gasteiger partial charge in [0.2, 0.25) is 11.8 Å². The minimum atomic E-state index is -1.63. The zero-order valence-corrected chi connectivity index (χ0v) is 17.9. The summed E-state index contributed by atoms with van der Waals surface area (Å²) in [6.07, 6.45) is -0.277. The van der Waals surface area contributed by atoms with Crippen LogP contribution in [0.4, 0.5) is 0 Å². The molecule has 2 rings (SSSR count). The van der Waals surface area contributed by atoms with Crippen LogP contribution in [-0.4, -0.2) is 51.6 Å². The minimum Gasteiger partial charge on any atom is -0.423 e. The number of nitrogens with one attached hydrogen (secondary N) is 3. The van der Waals surface area contributed by atoms with E-state index in [1.165, 1.54) is 18.2 Å². The Kier molecular flexibility index (Phi) is 7.95. The molecule has 5 N–H and O–H groups in total. The Morgan fingerprint density at radius 1 is 1.19 bits per heavy atom. The van der Waals surface area contributed by atoms with Gasteiger partial charge >= 0.3 is 7.12 Å². The van der Waals surface area contributed by atoms with Crippen molar-refractivity contribution < 1.29 is 29.0 Å². The number of aromatic nitrogens is 1. The number of nitrogens with zero attached hydrogens (tertiary/aromatic N) is 1. The Morgan fingerprint density at radius 2 is 1.90 bits per heavy atom. The standard InChI is InChI=1S/C20H27BN4O6/c1-12-8-16(25-31-12)19(28)23-15(10-17(26)24-20(2,3)4)18(27)22-11-13-6-5-7-14(9-13)21(29)30/h5-9,15,29-30H,10-11H2,1-4H3,(H,22,27)(H,23,28)(H,24,26)/t15-/m0/s1. The predicted molar refractivity (Wildman–Crippen MR) is 113 cm³/mol. The summed E-state index contributed by atoms with van der Waals surface area (Å²) in [4.78, 5) is 37.6. The highest BCUT2D eigenvalue weighted by Crippen LogP contribution is 2.06. The third kappa shape index (κ3) is 7.87. The first-order chi connectivity index (χ1) is 14.4. The third-order valence-corrected chi connectivity index (χ3v) is 4.10. The van der Waals surface area contributed by atoms with Crippen LogP contribution in [0.3, 0.4) is 0 Å². The molecule has 0 fully saturated rings. The fraction of sp³-hybridized carbons (Fsp3) is 0.400. The summed E-state index contributed by atoms with van der Waals surface area (Å²) >= 11 is 0. The number of benzene rings is 1. The van der Waals surface area contributed by atoms with E-state index in [2.05, 4.69) is 21.1 Å². The molecule has 0 saturated carbocycles. The molecule has 0 saturated heterocycles. The first-order valence-electron chi connectivity index (χ1n) is 9.72. The molecule has 1 heterocycles. The van der Waals surface area contributed by atoms with Gasteiger partial charge < -0.3 is 30.5 Å².